The molecule has 24 heavy (non-hydrogen) atoms. The van der Waals surface area contributed by atoms with Gasteiger partial charge in [-0.1, -0.05) is 42.0 Å². The highest BCUT2D eigenvalue weighted by molar-refractivity contribution is 7.89. The van der Waals surface area contributed by atoms with Crippen LogP contribution in [0.1, 0.15) is 16.7 Å². The number of benzene rings is 2. The molecule has 0 aliphatic heterocycles. The minimum atomic E-state index is -3.44. The van der Waals surface area contributed by atoms with Crippen LogP contribution in [0.4, 0.5) is 0 Å². The smallest absolute Gasteiger partial charge is 0.242 e. The number of sulfonamides is 1. The molecule has 2 aromatic rings. The first-order chi connectivity index (χ1) is 11.3. The molecule has 0 radical (unpaired) electrons. The largest absolute Gasteiger partial charge is 0.352 e. The lowest BCUT2D eigenvalue weighted by atomic mass is 10.1. The van der Waals surface area contributed by atoms with Gasteiger partial charge in [0.25, 0.3) is 0 Å². The number of rotatable bonds is 6. The molecule has 0 bridgehead atoms. The normalized spacial score (nSPS) is 11.5. The molecule has 1 N–H and O–H groups in total. The Morgan fingerprint density at radius 3 is 2.04 bits per heavy atom. The van der Waals surface area contributed by atoms with Crippen molar-refractivity contribution in [1.29, 1.82) is 0 Å². The number of hydrogen-bond donors (Lipinski definition) is 1. The zero-order chi connectivity index (χ0) is 17.7. The molecule has 0 spiro atoms. The monoisotopic (exact) mass is 346 g/mol. The Morgan fingerprint density at radius 1 is 0.958 bits per heavy atom. The topological polar surface area (TPSA) is 66.5 Å². The average molecular weight is 346 g/mol. The standard InChI is InChI=1S/C18H22N2O3S/c1-14-4-6-16(7-5-14)13-19-18(21)12-15-8-10-17(11-9-15)24(22,23)20(2)3/h4-11H,12-13H2,1-3H3,(H,19,21). The van der Waals surface area contributed by atoms with E-state index in [-0.39, 0.29) is 17.2 Å². The number of amides is 1. The minimum absolute atomic E-state index is 0.0983. The van der Waals surface area contributed by atoms with Crippen molar-refractivity contribution in [1.82, 2.24) is 9.62 Å². The molecule has 1 amide bonds. The number of carbonyl (C=O) groups excluding carboxylic acids is 1. The Labute approximate surface area is 143 Å². The molecular formula is C18H22N2O3S. The third-order valence-electron chi connectivity index (χ3n) is 3.68. The first kappa shape index (κ1) is 18.2. The van der Waals surface area contributed by atoms with Gasteiger partial charge in [-0.2, -0.15) is 0 Å². The fourth-order valence-corrected chi connectivity index (χ4v) is 3.05. The SMILES string of the molecule is Cc1ccc(CNC(=O)Cc2ccc(S(=O)(=O)N(C)C)cc2)cc1. The molecule has 0 heterocycles. The minimum Gasteiger partial charge on any atom is -0.352 e. The summed E-state index contributed by atoms with van der Waals surface area (Å²) in [5, 5.41) is 2.86. The van der Waals surface area contributed by atoms with E-state index in [0.29, 0.717) is 6.54 Å². The third kappa shape index (κ3) is 4.66. The van der Waals surface area contributed by atoms with Gasteiger partial charge in [0.1, 0.15) is 0 Å². The lowest BCUT2D eigenvalue weighted by molar-refractivity contribution is -0.120. The van der Waals surface area contributed by atoms with E-state index in [1.807, 2.05) is 31.2 Å². The van der Waals surface area contributed by atoms with Crippen LogP contribution >= 0.6 is 0 Å². The highest BCUT2D eigenvalue weighted by Gasteiger charge is 2.16. The molecule has 0 aromatic heterocycles. The van der Waals surface area contributed by atoms with E-state index in [2.05, 4.69) is 5.32 Å². The highest BCUT2D eigenvalue weighted by atomic mass is 32.2. The van der Waals surface area contributed by atoms with Crippen LogP contribution in [0, 0.1) is 6.92 Å². The quantitative estimate of drug-likeness (QED) is 0.871. The summed E-state index contributed by atoms with van der Waals surface area (Å²) in [6.45, 7) is 2.49. The van der Waals surface area contributed by atoms with Crippen LogP contribution in [0.25, 0.3) is 0 Å². The lowest BCUT2D eigenvalue weighted by Crippen LogP contribution is -2.24. The summed E-state index contributed by atoms with van der Waals surface area (Å²) in [6.07, 6.45) is 0.216. The maximum atomic E-state index is 12.0. The van der Waals surface area contributed by atoms with E-state index in [9.17, 15) is 13.2 Å². The molecule has 0 saturated heterocycles. The van der Waals surface area contributed by atoms with Crippen molar-refractivity contribution in [2.45, 2.75) is 24.8 Å². The van der Waals surface area contributed by atoms with E-state index in [4.69, 9.17) is 0 Å². The summed E-state index contributed by atoms with van der Waals surface area (Å²) in [4.78, 5) is 12.2. The summed E-state index contributed by atoms with van der Waals surface area (Å²) in [7, 11) is -0.463. The summed E-state index contributed by atoms with van der Waals surface area (Å²) < 4.78 is 25.2. The molecule has 0 fully saturated rings. The summed E-state index contributed by atoms with van der Waals surface area (Å²) in [5.41, 5.74) is 2.99. The van der Waals surface area contributed by atoms with Gasteiger partial charge in [-0.3, -0.25) is 4.79 Å². The van der Waals surface area contributed by atoms with Crippen molar-refractivity contribution in [2.24, 2.45) is 0 Å². The molecular weight excluding hydrogens is 324 g/mol. The molecule has 0 saturated carbocycles. The van der Waals surface area contributed by atoms with Gasteiger partial charge in [-0.05, 0) is 30.2 Å². The fourth-order valence-electron chi connectivity index (χ4n) is 2.14. The number of aryl methyl sites for hydroxylation is 1. The summed E-state index contributed by atoms with van der Waals surface area (Å²) in [6, 6.07) is 14.4. The van der Waals surface area contributed by atoms with Gasteiger partial charge in [0, 0.05) is 20.6 Å². The van der Waals surface area contributed by atoms with E-state index < -0.39 is 10.0 Å². The predicted molar refractivity (Wildman–Crippen MR) is 94.0 cm³/mol. The van der Waals surface area contributed by atoms with Crippen LogP contribution in [0.2, 0.25) is 0 Å². The Hall–Kier alpha value is -2.18. The van der Waals surface area contributed by atoms with Crippen molar-refractivity contribution in [2.75, 3.05) is 14.1 Å². The van der Waals surface area contributed by atoms with Crippen molar-refractivity contribution in [3.05, 3.63) is 65.2 Å². The van der Waals surface area contributed by atoms with Crippen LogP contribution in [0.3, 0.4) is 0 Å². The van der Waals surface area contributed by atoms with Crippen molar-refractivity contribution < 1.29 is 13.2 Å². The van der Waals surface area contributed by atoms with Crippen molar-refractivity contribution in [3.63, 3.8) is 0 Å². The van der Waals surface area contributed by atoms with Crippen molar-refractivity contribution in [3.8, 4) is 0 Å². The number of hydrogen-bond acceptors (Lipinski definition) is 3. The van der Waals surface area contributed by atoms with Crippen molar-refractivity contribution >= 4 is 15.9 Å². The molecule has 0 aliphatic carbocycles. The van der Waals surface area contributed by atoms with Gasteiger partial charge in [-0.15, -0.1) is 0 Å². The second-order valence-electron chi connectivity index (χ2n) is 5.87. The molecule has 0 unspecified atom stereocenters. The third-order valence-corrected chi connectivity index (χ3v) is 5.51. The predicted octanol–water partition coefficient (Wildman–Crippen LogP) is 2.10. The first-order valence-corrected chi connectivity index (χ1v) is 9.07. The fraction of sp³-hybridized carbons (Fsp3) is 0.278. The Morgan fingerprint density at radius 2 is 1.50 bits per heavy atom. The van der Waals surface area contributed by atoms with Crippen LogP contribution in [-0.2, 0) is 27.8 Å². The highest BCUT2D eigenvalue weighted by Crippen LogP contribution is 2.14. The maximum absolute atomic E-state index is 12.0. The molecule has 0 aliphatic rings. The Kier molecular flexibility index (Phi) is 5.75. The maximum Gasteiger partial charge on any atom is 0.242 e. The van der Waals surface area contributed by atoms with Crippen LogP contribution in [0.5, 0.6) is 0 Å². The Bertz CT molecular complexity index is 795. The Balaban J connectivity index is 1.93. The van der Waals surface area contributed by atoms with Crippen LogP contribution in [0.15, 0.2) is 53.4 Å². The van der Waals surface area contributed by atoms with Gasteiger partial charge in [-0.25, -0.2) is 12.7 Å². The first-order valence-electron chi connectivity index (χ1n) is 7.63. The molecule has 2 aromatic carbocycles. The van der Waals surface area contributed by atoms with Gasteiger partial charge in [0.05, 0.1) is 11.3 Å². The van der Waals surface area contributed by atoms with Crippen LogP contribution in [-0.4, -0.2) is 32.7 Å². The van der Waals surface area contributed by atoms with Crippen LogP contribution < -0.4 is 5.32 Å². The molecule has 0 atom stereocenters. The van der Waals surface area contributed by atoms with E-state index in [1.54, 1.807) is 12.1 Å². The molecule has 6 heteroatoms. The number of nitrogens with zero attached hydrogens (tertiary/aromatic N) is 1. The van der Waals surface area contributed by atoms with Gasteiger partial charge in [0.15, 0.2) is 0 Å². The van der Waals surface area contributed by atoms with E-state index >= 15 is 0 Å². The van der Waals surface area contributed by atoms with E-state index in [0.717, 1.165) is 15.4 Å². The zero-order valence-corrected chi connectivity index (χ0v) is 14.9. The molecule has 2 rings (SSSR count). The number of carbonyl (C=O) groups is 1. The van der Waals surface area contributed by atoms with E-state index in [1.165, 1.54) is 31.8 Å². The van der Waals surface area contributed by atoms with Gasteiger partial charge in [0.2, 0.25) is 15.9 Å². The van der Waals surface area contributed by atoms with Gasteiger partial charge >= 0.3 is 0 Å². The zero-order valence-electron chi connectivity index (χ0n) is 14.1. The van der Waals surface area contributed by atoms with Gasteiger partial charge < -0.3 is 5.32 Å². The summed E-state index contributed by atoms with van der Waals surface area (Å²) >= 11 is 0. The second-order valence-corrected chi connectivity index (χ2v) is 8.02. The average Bonchev–Trinajstić information content (AvgIpc) is 2.54. The summed E-state index contributed by atoms with van der Waals surface area (Å²) in [5.74, 6) is -0.0983. The molecule has 128 valence electrons. The number of nitrogens with one attached hydrogen (secondary N) is 1. The molecule has 5 nitrogen and oxygen atoms in total. The second kappa shape index (κ2) is 7.59. The lowest BCUT2D eigenvalue weighted by Gasteiger charge is -2.11.